The molecule has 0 bridgehead atoms. The van der Waals surface area contributed by atoms with Crippen LogP contribution in [0, 0.1) is 5.92 Å². The van der Waals surface area contributed by atoms with Crippen molar-refractivity contribution in [2.24, 2.45) is 5.92 Å². The summed E-state index contributed by atoms with van der Waals surface area (Å²) in [6, 6.07) is 10.5. The van der Waals surface area contributed by atoms with Crippen molar-refractivity contribution in [1.82, 2.24) is 0 Å². The lowest BCUT2D eigenvalue weighted by molar-refractivity contribution is 0.394. The van der Waals surface area contributed by atoms with E-state index in [1.165, 1.54) is 37.1 Å². The van der Waals surface area contributed by atoms with Crippen molar-refractivity contribution < 1.29 is 0 Å². The zero-order valence-electron chi connectivity index (χ0n) is 10.7. The summed E-state index contributed by atoms with van der Waals surface area (Å²) < 4.78 is 0. The van der Waals surface area contributed by atoms with Crippen molar-refractivity contribution in [3.8, 4) is 0 Å². The number of nitrogens with one attached hydrogen (secondary N) is 1. The lowest BCUT2D eigenvalue weighted by Crippen LogP contribution is -2.17. The molecule has 0 radical (unpaired) electrons. The van der Waals surface area contributed by atoms with Gasteiger partial charge in [0.15, 0.2) is 0 Å². The van der Waals surface area contributed by atoms with Crippen LogP contribution in [0.2, 0.25) is 0 Å². The highest BCUT2D eigenvalue weighted by molar-refractivity contribution is 7.99. The fraction of sp³-hybridized carbons (Fsp3) is 0.600. The van der Waals surface area contributed by atoms with E-state index in [9.17, 15) is 0 Å². The zero-order chi connectivity index (χ0) is 11.9. The van der Waals surface area contributed by atoms with E-state index >= 15 is 0 Å². The number of para-hydroxylation sites is 1. The van der Waals surface area contributed by atoms with Gasteiger partial charge in [-0.15, -0.1) is 0 Å². The minimum atomic E-state index is 0.913. The van der Waals surface area contributed by atoms with Gasteiger partial charge in [0.1, 0.15) is 0 Å². The fourth-order valence-electron chi connectivity index (χ4n) is 2.51. The third-order valence-electron chi connectivity index (χ3n) is 3.45. The van der Waals surface area contributed by atoms with Crippen LogP contribution < -0.4 is 5.32 Å². The Morgan fingerprint density at radius 1 is 1.24 bits per heavy atom. The summed E-state index contributed by atoms with van der Waals surface area (Å²) in [6.45, 7) is 3.48. The average Bonchev–Trinajstić information content (AvgIpc) is 2.36. The molecule has 1 fully saturated rings. The van der Waals surface area contributed by atoms with Gasteiger partial charge in [0.05, 0.1) is 0 Å². The Kier molecular flexibility index (Phi) is 5.24. The van der Waals surface area contributed by atoms with E-state index in [0.29, 0.717) is 0 Å². The van der Waals surface area contributed by atoms with E-state index in [1.54, 1.807) is 0 Å². The van der Waals surface area contributed by atoms with Crippen molar-refractivity contribution in [1.29, 1.82) is 0 Å². The molecule has 2 unspecified atom stereocenters. The second-order valence-corrected chi connectivity index (χ2v) is 6.47. The fourth-order valence-corrected chi connectivity index (χ4v) is 3.86. The smallest absolute Gasteiger partial charge is 0.0340 e. The van der Waals surface area contributed by atoms with Gasteiger partial charge in [-0.3, -0.25) is 0 Å². The SMILES string of the molecule is CC1CCCC(SCCNc2ccccc2)C1. The molecule has 0 aromatic heterocycles. The standard InChI is InChI=1S/C15H23NS/c1-13-6-5-9-15(12-13)17-11-10-16-14-7-3-2-4-8-14/h2-4,7-8,13,15-16H,5-6,9-12H2,1H3. The van der Waals surface area contributed by atoms with E-state index in [-0.39, 0.29) is 0 Å². The monoisotopic (exact) mass is 249 g/mol. The first kappa shape index (κ1) is 12.8. The summed E-state index contributed by atoms with van der Waals surface area (Å²) in [7, 11) is 0. The van der Waals surface area contributed by atoms with Crippen molar-refractivity contribution in [3.63, 3.8) is 0 Å². The third kappa shape index (κ3) is 4.63. The van der Waals surface area contributed by atoms with Crippen LogP contribution in [0.25, 0.3) is 0 Å². The maximum atomic E-state index is 3.47. The van der Waals surface area contributed by atoms with Gasteiger partial charge in [0.2, 0.25) is 0 Å². The molecule has 1 N–H and O–H groups in total. The third-order valence-corrected chi connectivity index (χ3v) is 4.79. The molecule has 1 aromatic rings. The summed E-state index contributed by atoms with van der Waals surface area (Å²) in [4.78, 5) is 0. The molecule has 1 aromatic carbocycles. The van der Waals surface area contributed by atoms with Gasteiger partial charge in [-0.25, -0.2) is 0 Å². The lowest BCUT2D eigenvalue weighted by Gasteiger charge is -2.26. The molecular weight excluding hydrogens is 226 g/mol. The van der Waals surface area contributed by atoms with E-state index < -0.39 is 0 Å². The van der Waals surface area contributed by atoms with E-state index in [0.717, 1.165) is 17.7 Å². The van der Waals surface area contributed by atoms with Crippen LogP contribution in [-0.4, -0.2) is 17.5 Å². The Morgan fingerprint density at radius 3 is 2.82 bits per heavy atom. The van der Waals surface area contributed by atoms with Gasteiger partial charge in [0.25, 0.3) is 0 Å². The molecule has 17 heavy (non-hydrogen) atoms. The molecule has 94 valence electrons. The van der Waals surface area contributed by atoms with Crippen LogP contribution in [0.3, 0.4) is 0 Å². The molecule has 2 atom stereocenters. The largest absolute Gasteiger partial charge is 0.384 e. The molecule has 0 spiro atoms. The number of benzene rings is 1. The quantitative estimate of drug-likeness (QED) is 0.776. The summed E-state index contributed by atoms with van der Waals surface area (Å²) in [6.07, 6.45) is 5.74. The van der Waals surface area contributed by atoms with Crippen LogP contribution in [0.15, 0.2) is 30.3 Å². The first-order valence-corrected chi connectivity index (χ1v) is 7.80. The van der Waals surface area contributed by atoms with E-state index in [4.69, 9.17) is 0 Å². The average molecular weight is 249 g/mol. The lowest BCUT2D eigenvalue weighted by atomic mass is 9.91. The highest BCUT2D eigenvalue weighted by Crippen LogP contribution is 2.31. The maximum Gasteiger partial charge on any atom is 0.0340 e. The highest BCUT2D eigenvalue weighted by atomic mass is 32.2. The second kappa shape index (κ2) is 6.95. The first-order chi connectivity index (χ1) is 8.34. The molecule has 1 aliphatic carbocycles. The predicted octanol–water partition coefficient (Wildman–Crippen LogP) is 4.41. The highest BCUT2D eigenvalue weighted by Gasteiger charge is 2.18. The molecular formula is C15H23NS. The van der Waals surface area contributed by atoms with Gasteiger partial charge in [0, 0.05) is 23.2 Å². The molecule has 0 amide bonds. The number of hydrogen-bond acceptors (Lipinski definition) is 2. The van der Waals surface area contributed by atoms with Crippen molar-refractivity contribution >= 4 is 17.4 Å². The number of hydrogen-bond donors (Lipinski definition) is 1. The van der Waals surface area contributed by atoms with Gasteiger partial charge in [-0.2, -0.15) is 11.8 Å². The topological polar surface area (TPSA) is 12.0 Å². The molecule has 1 aliphatic rings. The van der Waals surface area contributed by atoms with Crippen LogP contribution in [-0.2, 0) is 0 Å². The molecule has 1 saturated carbocycles. The van der Waals surface area contributed by atoms with Gasteiger partial charge in [-0.05, 0) is 30.9 Å². The summed E-state index contributed by atoms with van der Waals surface area (Å²) in [5, 5.41) is 4.39. The van der Waals surface area contributed by atoms with Crippen LogP contribution in [0.1, 0.15) is 32.6 Å². The first-order valence-electron chi connectivity index (χ1n) is 6.75. The van der Waals surface area contributed by atoms with Crippen LogP contribution in [0.4, 0.5) is 5.69 Å². The molecule has 0 aliphatic heterocycles. The van der Waals surface area contributed by atoms with Crippen molar-refractivity contribution in [2.75, 3.05) is 17.6 Å². The number of anilines is 1. The van der Waals surface area contributed by atoms with E-state index in [2.05, 4.69) is 54.3 Å². The summed E-state index contributed by atoms with van der Waals surface area (Å²) in [5.74, 6) is 2.18. The Bertz CT molecular complexity index is 312. The summed E-state index contributed by atoms with van der Waals surface area (Å²) >= 11 is 2.16. The molecule has 0 heterocycles. The predicted molar refractivity (Wildman–Crippen MR) is 78.8 cm³/mol. The van der Waals surface area contributed by atoms with Crippen LogP contribution in [0.5, 0.6) is 0 Å². The Balaban J connectivity index is 1.60. The number of rotatable bonds is 5. The minimum absolute atomic E-state index is 0.913. The van der Waals surface area contributed by atoms with Crippen molar-refractivity contribution in [2.45, 2.75) is 37.9 Å². The zero-order valence-corrected chi connectivity index (χ0v) is 11.5. The maximum absolute atomic E-state index is 3.47. The summed E-state index contributed by atoms with van der Waals surface area (Å²) in [5.41, 5.74) is 1.24. The van der Waals surface area contributed by atoms with Gasteiger partial charge < -0.3 is 5.32 Å². The normalized spacial score (nSPS) is 24.5. The van der Waals surface area contributed by atoms with Crippen LogP contribution >= 0.6 is 11.8 Å². The molecule has 2 rings (SSSR count). The molecule has 2 heteroatoms. The number of thioether (sulfide) groups is 1. The van der Waals surface area contributed by atoms with Gasteiger partial charge >= 0.3 is 0 Å². The Morgan fingerprint density at radius 2 is 2.06 bits per heavy atom. The van der Waals surface area contributed by atoms with Gasteiger partial charge in [-0.1, -0.05) is 38.0 Å². The van der Waals surface area contributed by atoms with E-state index in [1.807, 2.05) is 0 Å². The molecule has 0 saturated heterocycles. The minimum Gasteiger partial charge on any atom is -0.384 e. The van der Waals surface area contributed by atoms with Crippen molar-refractivity contribution in [3.05, 3.63) is 30.3 Å². The molecule has 1 nitrogen and oxygen atoms in total. The Hall–Kier alpha value is -0.630. The Labute approximate surface area is 109 Å². The second-order valence-electron chi connectivity index (χ2n) is 5.06.